The van der Waals surface area contributed by atoms with Crippen molar-refractivity contribution in [3.05, 3.63) is 82.5 Å². The smallest absolute Gasteiger partial charge is 0.275 e. The van der Waals surface area contributed by atoms with Crippen LogP contribution in [0.3, 0.4) is 0 Å². The van der Waals surface area contributed by atoms with Gasteiger partial charge in [-0.3, -0.25) is 9.48 Å². The van der Waals surface area contributed by atoms with Crippen LogP contribution >= 0.6 is 0 Å². The summed E-state index contributed by atoms with van der Waals surface area (Å²) in [6, 6.07) is 10.8. The second-order valence-electron chi connectivity index (χ2n) is 7.12. The quantitative estimate of drug-likeness (QED) is 0.531. The number of hydrogen-bond acceptors (Lipinski definition) is 4. The summed E-state index contributed by atoms with van der Waals surface area (Å²) >= 11 is 0. The molecule has 0 spiro atoms. The number of fused-ring (bicyclic) bond motifs is 1. The van der Waals surface area contributed by atoms with Crippen molar-refractivity contribution >= 4 is 11.6 Å². The molecule has 0 amide bonds. The van der Waals surface area contributed by atoms with Gasteiger partial charge >= 0.3 is 0 Å². The van der Waals surface area contributed by atoms with Gasteiger partial charge in [-0.05, 0) is 42.3 Å². The van der Waals surface area contributed by atoms with Crippen molar-refractivity contribution in [1.82, 2.24) is 19.3 Å². The number of halogens is 3. The van der Waals surface area contributed by atoms with Crippen LogP contribution in [0.4, 0.5) is 24.8 Å². The van der Waals surface area contributed by atoms with Crippen molar-refractivity contribution < 1.29 is 13.2 Å². The molecule has 3 heterocycles. The van der Waals surface area contributed by atoms with Gasteiger partial charge in [0.05, 0.1) is 17.0 Å². The summed E-state index contributed by atoms with van der Waals surface area (Å²) in [6.45, 7) is 1.17. The molecule has 9 heteroatoms. The Bertz CT molecular complexity index is 1320. The fraction of sp³-hybridized carbons (Fsp3) is 0.136. The highest BCUT2D eigenvalue weighted by Gasteiger charge is 2.26. The monoisotopic (exact) mass is 423 g/mol. The van der Waals surface area contributed by atoms with Gasteiger partial charge in [-0.2, -0.15) is 0 Å². The van der Waals surface area contributed by atoms with Gasteiger partial charge in [0.2, 0.25) is 5.95 Å². The van der Waals surface area contributed by atoms with Crippen LogP contribution in [0, 0.1) is 17.5 Å². The van der Waals surface area contributed by atoms with Gasteiger partial charge in [0, 0.05) is 19.3 Å². The number of rotatable bonds is 4. The summed E-state index contributed by atoms with van der Waals surface area (Å²) in [4.78, 5) is 21.6. The predicted molar refractivity (Wildman–Crippen MR) is 109 cm³/mol. The summed E-state index contributed by atoms with van der Waals surface area (Å²) in [5.74, 6) is -1.97. The van der Waals surface area contributed by atoms with Gasteiger partial charge in [0.25, 0.3) is 5.56 Å². The van der Waals surface area contributed by atoms with Crippen LogP contribution < -0.4 is 10.9 Å². The SMILES string of the molecule is O=c1c(-c2ccc(F)cc2)c(-c2ccnc(Nc3c(F)cccc3F)n2)n2n1CCC2. The van der Waals surface area contributed by atoms with Crippen molar-refractivity contribution in [3.8, 4) is 22.5 Å². The minimum Gasteiger partial charge on any atom is -0.319 e. The Hall–Kier alpha value is -3.88. The van der Waals surface area contributed by atoms with Gasteiger partial charge in [-0.15, -0.1) is 0 Å². The van der Waals surface area contributed by atoms with E-state index in [9.17, 15) is 18.0 Å². The summed E-state index contributed by atoms with van der Waals surface area (Å²) in [6.07, 6.45) is 2.24. The molecule has 0 unspecified atom stereocenters. The molecule has 1 aliphatic heterocycles. The molecule has 0 aliphatic carbocycles. The number of aromatic nitrogens is 4. The van der Waals surface area contributed by atoms with E-state index in [0.717, 1.165) is 18.6 Å². The Kier molecular flexibility index (Phi) is 4.58. The predicted octanol–water partition coefficient (Wildman–Crippen LogP) is 4.34. The summed E-state index contributed by atoms with van der Waals surface area (Å²) < 4.78 is 44.9. The average Bonchev–Trinajstić information content (AvgIpc) is 3.34. The zero-order valence-electron chi connectivity index (χ0n) is 16.1. The molecule has 156 valence electrons. The first-order valence-corrected chi connectivity index (χ1v) is 9.67. The topological polar surface area (TPSA) is 64.7 Å². The van der Waals surface area contributed by atoms with Crippen molar-refractivity contribution in [3.63, 3.8) is 0 Å². The molecule has 0 bridgehead atoms. The Morgan fingerprint density at radius 1 is 0.903 bits per heavy atom. The number of benzene rings is 2. The molecule has 1 aliphatic rings. The molecule has 0 fully saturated rings. The van der Waals surface area contributed by atoms with Crippen molar-refractivity contribution in [2.75, 3.05) is 5.32 Å². The lowest BCUT2D eigenvalue weighted by atomic mass is 10.0. The lowest BCUT2D eigenvalue weighted by molar-refractivity contribution is 0.590. The fourth-order valence-electron chi connectivity index (χ4n) is 3.83. The number of hydrogen-bond donors (Lipinski definition) is 1. The van der Waals surface area contributed by atoms with Crippen LogP contribution in [0.1, 0.15) is 6.42 Å². The van der Waals surface area contributed by atoms with Crippen LogP contribution in [0.2, 0.25) is 0 Å². The standard InChI is InChI=1S/C22H16F3N5O/c23-14-7-5-13(6-8-14)18-20(29-11-2-12-30(29)21(18)31)17-9-10-26-22(27-17)28-19-15(24)3-1-4-16(19)25/h1,3-10H,2,11-12H2,(H,26,27,28). The van der Waals surface area contributed by atoms with Crippen LogP contribution in [0.25, 0.3) is 22.5 Å². The van der Waals surface area contributed by atoms with E-state index in [4.69, 9.17) is 0 Å². The zero-order valence-corrected chi connectivity index (χ0v) is 16.1. The Labute approximate surface area is 174 Å². The van der Waals surface area contributed by atoms with Crippen LogP contribution in [0.15, 0.2) is 59.5 Å². The van der Waals surface area contributed by atoms with E-state index in [1.807, 2.05) is 4.68 Å². The first kappa shape index (κ1) is 19.1. The second-order valence-corrected chi connectivity index (χ2v) is 7.12. The number of nitrogens with zero attached hydrogens (tertiary/aromatic N) is 4. The van der Waals surface area contributed by atoms with Crippen molar-refractivity contribution in [1.29, 1.82) is 0 Å². The number of nitrogens with one attached hydrogen (secondary N) is 1. The first-order valence-electron chi connectivity index (χ1n) is 9.67. The maximum Gasteiger partial charge on any atom is 0.275 e. The maximum absolute atomic E-state index is 14.0. The zero-order chi connectivity index (χ0) is 21.5. The minimum absolute atomic E-state index is 0.0162. The fourth-order valence-corrected chi connectivity index (χ4v) is 3.83. The molecule has 0 saturated carbocycles. The molecule has 1 N–H and O–H groups in total. The largest absolute Gasteiger partial charge is 0.319 e. The minimum atomic E-state index is -0.776. The van der Waals surface area contributed by atoms with Gasteiger partial charge in [-0.1, -0.05) is 18.2 Å². The second kappa shape index (κ2) is 7.42. The lowest BCUT2D eigenvalue weighted by Crippen LogP contribution is -2.17. The van der Waals surface area contributed by atoms with E-state index < -0.39 is 17.5 Å². The molecular weight excluding hydrogens is 407 g/mol. The van der Waals surface area contributed by atoms with E-state index in [1.54, 1.807) is 22.9 Å². The molecule has 4 aromatic rings. The van der Waals surface area contributed by atoms with Gasteiger partial charge in [0.15, 0.2) is 0 Å². The molecule has 0 atom stereocenters. The van der Waals surface area contributed by atoms with Crippen LogP contribution in [-0.4, -0.2) is 19.3 Å². The number of anilines is 2. The Balaban J connectivity index is 1.64. The highest BCUT2D eigenvalue weighted by Crippen LogP contribution is 2.32. The van der Waals surface area contributed by atoms with E-state index in [2.05, 4.69) is 15.3 Å². The molecule has 2 aromatic carbocycles. The number of para-hydroxylation sites is 1. The lowest BCUT2D eigenvalue weighted by Gasteiger charge is -2.11. The third-order valence-corrected chi connectivity index (χ3v) is 5.21. The third-order valence-electron chi connectivity index (χ3n) is 5.21. The Morgan fingerprint density at radius 3 is 2.35 bits per heavy atom. The Morgan fingerprint density at radius 2 is 1.61 bits per heavy atom. The van der Waals surface area contributed by atoms with Crippen LogP contribution in [-0.2, 0) is 13.1 Å². The molecule has 2 aromatic heterocycles. The maximum atomic E-state index is 14.0. The van der Waals surface area contributed by atoms with Gasteiger partial charge in [0.1, 0.15) is 23.1 Å². The highest BCUT2D eigenvalue weighted by molar-refractivity contribution is 5.79. The summed E-state index contributed by atoms with van der Waals surface area (Å²) in [5, 5.41) is 2.58. The van der Waals surface area contributed by atoms with Crippen molar-refractivity contribution in [2.24, 2.45) is 0 Å². The van der Waals surface area contributed by atoms with Gasteiger partial charge in [-0.25, -0.2) is 27.8 Å². The molecule has 5 rings (SSSR count). The van der Waals surface area contributed by atoms with Crippen LogP contribution in [0.5, 0.6) is 0 Å². The highest BCUT2D eigenvalue weighted by atomic mass is 19.1. The normalized spacial score (nSPS) is 12.7. The van der Waals surface area contributed by atoms with E-state index >= 15 is 0 Å². The van der Waals surface area contributed by atoms with Gasteiger partial charge < -0.3 is 5.32 Å². The molecular formula is C22H16F3N5O. The summed E-state index contributed by atoms with van der Waals surface area (Å²) in [7, 11) is 0. The van der Waals surface area contributed by atoms with E-state index in [1.165, 1.54) is 24.4 Å². The summed E-state index contributed by atoms with van der Waals surface area (Å²) in [5.41, 5.74) is 1.34. The molecule has 0 radical (unpaired) electrons. The molecule has 0 saturated heterocycles. The molecule has 6 nitrogen and oxygen atoms in total. The van der Waals surface area contributed by atoms with E-state index in [-0.39, 0.29) is 17.2 Å². The first-order chi connectivity index (χ1) is 15.0. The average molecular weight is 423 g/mol. The van der Waals surface area contributed by atoms with Crippen molar-refractivity contribution in [2.45, 2.75) is 19.5 Å². The van der Waals surface area contributed by atoms with E-state index in [0.29, 0.717) is 35.6 Å². The third kappa shape index (κ3) is 3.27. The molecule has 31 heavy (non-hydrogen) atoms.